The smallest absolute Gasteiger partial charge is 0.307 e. The van der Waals surface area contributed by atoms with Crippen molar-refractivity contribution in [3.8, 4) is 0 Å². The molecular weight excluding hydrogens is 338 g/mol. The molecule has 6 nitrogen and oxygen atoms in total. The molecule has 1 aliphatic rings. The number of benzene rings is 1. The van der Waals surface area contributed by atoms with Crippen molar-refractivity contribution >= 4 is 28.8 Å². The van der Waals surface area contributed by atoms with Crippen molar-refractivity contribution in [1.29, 1.82) is 0 Å². The van der Waals surface area contributed by atoms with Crippen LogP contribution in [0.15, 0.2) is 34.4 Å². The van der Waals surface area contributed by atoms with Crippen molar-refractivity contribution in [1.82, 2.24) is 9.88 Å². The number of nitrogens with one attached hydrogen (secondary N) is 2. The number of amides is 2. The molecule has 1 aliphatic carbocycles. The molecule has 132 valence electrons. The topological polar surface area (TPSA) is 80.2 Å². The Morgan fingerprint density at radius 3 is 2.64 bits per heavy atom. The molecule has 0 atom stereocenters. The predicted molar refractivity (Wildman–Crippen MR) is 98.1 cm³/mol. The summed E-state index contributed by atoms with van der Waals surface area (Å²) >= 11 is 1.07. The first-order valence-electron chi connectivity index (χ1n) is 8.39. The Morgan fingerprint density at radius 1 is 1.24 bits per heavy atom. The molecule has 1 fully saturated rings. The van der Waals surface area contributed by atoms with Gasteiger partial charge in [-0.25, -0.2) is 0 Å². The average Bonchev–Trinajstić information content (AvgIpc) is 3.20. The monoisotopic (exact) mass is 359 g/mol. The highest BCUT2D eigenvalue weighted by atomic mass is 32.1. The molecule has 0 radical (unpaired) electrons. The van der Waals surface area contributed by atoms with Crippen LogP contribution in [0.5, 0.6) is 0 Å². The van der Waals surface area contributed by atoms with Gasteiger partial charge in [-0.1, -0.05) is 36.3 Å². The summed E-state index contributed by atoms with van der Waals surface area (Å²) in [6.07, 6.45) is 4.28. The van der Waals surface area contributed by atoms with E-state index in [1.165, 1.54) is 4.57 Å². The van der Waals surface area contributed by atoms with E-state index in [2.05, 4.69) is 10.6 Å². The predicted octanol–water partition coefficient (Wildman–Crippen LogP) is 2.53. The lowest BCUT2D eigenvalue weighted by Gasteiger charge is -2.15. The van der Waals surface area contributed by atoms with E-state index < -0.39 is 0 Å². The second-order valence-corrected chi connectivity index (χ2v) is 7.10. The maximum atomic E-state index is 12.5. The van der Waals surface area contributed by atoms with Crippen molar-refractivity contribution in [2.75, 3.05) is 5.32 Å². The van der Waals surface area contributed by atoms with Crippen LogP contribution in [-0.4, -0.2) is 22.4 Å². The lowest BCUT2D eigenvalue weighted by Crippen LogP contribution is -2.33. The Morgan fingerprint density at radius 2 is 1.96 bits per heavy atom. The zero-order valence-corrected chi connectivity index (χ0v) is 14.9. The molecule has 2 amide bonds. The van der Waals surface area contributed by atoms with E-state index in [9.17, 15) is 14.4 Å². The highest BCUT2D eigenvalue weighted by Gasteiger charge is 2.20. The summed E-state index contributed by atoms with van der Waals surface area (Å²) in [4.78, 5) is 36.4. The minimum atomic E-state index is -0.329. The van der Waals surface area contributed by atoms with Crippen LogP contribution in [0.4, 0.5) is 5.69 Å². The van der Waals surface area contributed by atoms with E-state index in [1.54, 1.807) is 36.6 Å². The summed E-state index contributed by atoms with van der Waals surface area (Å²) in [5, 5.41) is 7.50. The molecular formula is C18H21N3O3S. The maximum absolute atomic E-state index is 12.5. The molecule has 1 heterocycles. The van der Waals surface area contributed by atoms with Gasteiger partial charge in [0.05, 0.1) is 11.3 Å². The second kappa shape index (κ2) is 7.65. The van der Waals surface area contributed by atoms with Gasteiger partial charge in [0.25, 0.3) is 5.91 Å². The Labute approximate surface area is 149 Å². The molecule has 0 aliphatic heterocycles. The third-order valence-electron chi connectivity index (χ3n) is 4.41. The standard InChI is InChI=1S/C18H21N3O3S/c1-12-11-25-18(24)21(12)10-16(22)20-15-9-5-4-8-14(15)17(23)19-13-6-2-3-7-13/h4-5,8-9,11,13H,2-3,6-7,10H2,1H3,(H,19,23)(H,20,22). The first-order chi connectivity index (χ1) is 12.0. The lowest BCUT2D eigenvalue weighted by atomic mass is 10.1. The van der Waals surface area contributed by atoms with Gasteiger partial charge in [-0.2, -0.15) is 0 Å². The number of rotatable bonds is 5. The van der Waals surface area contributed by atoms with Crippen LogP contribution in [0.3, 0.4) is 0 Å². The van der Waals surface area contributed by atoms with Crippen LogP contribution in [0.1, 0.15) is 41.7 Å². The number of thiazole rings is 1. The van der Waals surface area contributed by atoms with Gasteiger partial charge < -0.3 is 10.6 Å². The fourth-order valence-electron chi connectivity index (χ4n) is 3.05. The molecule has 1 aromatic carbocycles. The minimum Gasteiger partial charge on any atom is -0.349 e. The van der Waals surface area contributed by atoms with Crippen LogP contribution in [-0.2, 0) is 11.3 Å². The van der Waals surface area contributed by atoms with E-state index in [4.69, 9.17) is 0 Å². The molecule has 2 aromatic rings. The average molecular weight is 359 g/mol. The van der Waals surface area contributed by atoms with E-state index in [1.807, 2.05) is 0 Å². The Balaban J connectivity index is 1.71. The van der Waals surface area contributed by atoms with Gasteiger partial charge in [0.1, 0.15) is 6.54 Å². The molecule has 0 spiro atoms. The summed E-state index contributed by atoms with van der Waals surface area (Å²) in [7, 11) is 0. The van der Waals surface area contributed by atoms with Crippen molar-refractivity contribution in [3.63, 3.8) is 0 Å². The van der Waals surface area contributed by atoms with Crippen LogP contribution >= 0.6 is 11.3 Å². The lowest BCUT2D eigenvalue weighted by molar-refractivity contribution is -0.116. The van der Waals surface area contributed by atoms with Crippen molar-refractivity contribution in [3.05, 3.63) is 50.6 Å². The highest BCUT2D eigenvalue weighted by molar-refractivity contribution is 7.07. The van der Waals surface area contributed by atoms with E-state index in [0.29, 0.717) is 11.3 Å². The third kappa shape index (κ3) is 4.17. The van der Waals surface area contributed by atoms with E-state index in [-0.39, 0.29) is 29.3 Å². The summed E-state index contributed by atoms with van der Waals surface area (Å²) in [5.74, 6) is -0.503. The SMILES string of the molecule is Cc1csc(=O)n1CC(=O)Nc1ccccc1C(=O)NC1CCCC1. The summed E-state index contributed by atoms with van der Waals surface area (Å²) < 4.78 is 1.42. The summed E-state index contributed by atoms with van der Waals surface area (Å²) in [5.41, 5.74) is 1.65. The number of carbonyl (C=O) groups excluding carboxylic acids is 2. The summed E-state index contributed by atoms with van der Waals surface area (Å²) in [6.45, 7) is 1.72. The largest absolute Gasteiger partial charge is 0.349 e. The fourth-order valence-corrected chi connectivity index (χ4v) is 3.79. The van der Waals surface area contributed by atoms with Crippen LogP contribution in [0, 0.1) is 6.92 Å². The second-order valence-electron chi connectivity index (χ2n) is 6.28. The van der Waals surface area contributed by atoms with Crippen LogP contribution in [0.2, 0.25) is 0 Å². The number of aryl methyl sites for hydroxylation is 1. The first-order valence-corrected chi connectivity index (χ1v) is 9.27. The first kappa shape index (κ1) is 17.4. The molecule has 0 unspecified atom stereocenters. The number of hydrogen-bond acceptors (Lipinski definition) is 4. The molecule has 0 bridgehead atoms. The van der Waals surface area contributed by atoms with Gasteiger partial charge in [-0.05, 0) is 31.9 Å². The number of carbonyl (C=O) groups is 2. The fraction of sp³-hybridized carbons (Fsp3) is 0.389. The van der Waals surface area contributed by atoms with Gasteiger partial charge in [0.2, 0.25) is 5.91 Å². The molecule has 0 saturated heterocycles. The van der Waals surface area contributed by atoms with Gasteiger partial charge in [-0.3, -0.25) is 19.0 Å². The van der Waals surface area contributed by atoms with E-state index >= 15 is 0 Å². The minimum absolute atomic E-state index is 0.0628. The number of para-hydroxylation sites is 1. The number of hydrogen-bond donors (Lipinski definition) is 2. The van der Waals surface area contributed by atoms with Crippen molar-refractivity contribution in [2.45, 2.75) is 45.2 Å². The van der Waals surface area contributed by atoms with Crippen LogP contribution < -0.4 is 15.5 Å². The zero-order chi connectivity index (χ0) is 17.8. The van der Waals surface area contributed by atoms with Gasteiger partial charge >= 0.3 is 4.87 Å². The Hall–Kier alpha value is -2.41. The molecule has 25 heavy (non-hydrogen) atoms. The molecule has 1 saturated carbocycles. The highest BCUT2D eigenvalue weighted by Crippen LogP contribution is 2.20. The maximum Gasteiger partial charge on any atom is 0.307 e. The molecule has 1 aromatic heterocycles. The van der Waals surface area contributed by atoms with Gasteiger partial charge in [0.15, 0.2) is 0 Å². The molecule has 2 N–H and O–H groups in total. The van der Waals surface area contributed by atoms with Gasteiger partial charge in [0, 0.05) is 17.1 Å². The van der Waals surface area contributed by atoms with Crippen molar-refractivity contribution < 1.29 is 9.59 Å². The quantitative estimate of drug-likeness (QED) is 0.861. The van der Waals surface area contributed by atoms with Crippen LogP contribution in [0.25, 0.3) is 0 Å². The molecule has 3 rings (SSSR count). The normalized spacial score (nSPS) is 14.4. The van der Waals surface area contributed by atoms with Crippen molar-refractivity contribution in [2.24, 2.45) is 0 Å². The van der Waals surface area contributed by atoms with Gasteiger partial charge in [-0.15, -0.1) is 0 Å². The molecule has 7 heteroatoms. The Kier molecular flexibility index (Phi) is 5.33. The number of nitrogens with zero attached hydrogens (tertiary/aromatic N) is 1. The zero-order valence-electron chi connectivity index (χ0n) is 14.1. The third-order valence-corrected chi connectivity index (χ3v) is 5.30. The number of anilines is 1. The number of aromatic nitrogens is 1. The Bertz CT molecular complexity index is 834. The summed E-state index contributed by atoms with van der Waals surface area (Å²) in [6, 6.07) is 7.15. The van der Waals surface area contributed by atoms with E-state index in [0.717, 1.165) is 42.7 Å².